The number of carbonyl (C=O) groups is 1. The lowest BCUT2D eigenvalue weighted by molar-refractivity contribution is -0.144. The summed E-state index contributed by atoms with van der Waals surface area (Å²) in [6.07, 6.45) is 6.76. The van der Waals surface area contributed by atoms with Crippen molar-refractivity contribution >= 4 is 5.97 Å². The minimum atomic E-state index is -0.762. The van der Waals surface area contributed by atoms with Gasteiger partial charge in [0.05, 0.1) is 0 Å². The molecule has 0 radical (unpaired) electrons. The van der Waals surface area contributed by atoms with Crippen LogP contribution in [0, 0.1) is 5.92 Å². The van der Waals surface area contributed by atoms with E-state index in [9.17, 15) is 9.90 Å². The molecule has 0 aromatic heterocycles. The summed E-state index contributed by atoms with van der Waals surface area (Å²) in [6.45, 7) is 10.4. The van der Waals surface area contributed by atoms with E-state index in [0.29, 0.717) is 13.0 Å². The minimum absolute atomic E-state index is 0.701. The molecule has 0 aliphatic carbocycles. The van der Waals surface area contributed by atoms with Gasteiger partial charge < -0.3 is 15.3 Å². The first-order valence-electron chi connectivity index (χ1n) is 8.18. The van der Waals surface area contributed by atoms with Crippen molar-refractivity contribution in [1.82, 2.24) is 10.2 Å². The van der Waals surface area contributed by atoms with Crippen molar-refractivity contribution < 1.29 is 9.90 Å². The van der Waals surface area contributed by atoms with Gasteiger partial charge in [0.2, 0.25) is 0 Å². The van der Waals surface area contributed by atoms with Gasteiger partial charge in [-0.25, -0.2) is 0 Å². The summed E-state index contributed by atoms with van der Waals surface area (Å²) in [5, 5.41) is 12.4. The van der Waals surface area contributed by atoms with Crippen molar-refractivity contribution in [2.45, 2.75) is 64.8 Å². The summed E-state index contributed by atoms with van der Waals surface area (Å²) >= 11 is 0. The molecule has 0 aromatic rings. The predicted molar refractivity (Wildman–Crippen MR) is 83.0 cm³/mol. The van der Waals surface area contributed by atoms with Gasteiger partial charge in [-0.1, -0.05) is 13.8 Å². The zero-order valence-corrected chi connectivity index (χ0v) is 13.5. The summed E-state index contributed by atoms with van der Waals surface area (Å²) < 4.78 is 0. The van der Waals surface area contributed by atoms with Gasteiger partial charge in [-0.3, -0.25) is 4.79 Å². The molecule has 0 amide bonds. The maximum atomic E-state index is 11.3. The highest BCUT2D eigenvalue weighted by Gasteiger charge is 2.31. The third-order valence-corrected chi connectivity index (χ3v) is 4.55. The lowest BCUT2D eigenvalue weighted by atomic mass is 9.95. The highest BCUT2D eigenvalue weighted by Crippen LogP contribution is 2.18. The van der Waals surface area contributed by atoms with Crippen molar-refractivity contribution in [1.29, 1.82) is 0 Å². The number of likely N-dealkylation sites (N-methyl/N-ethyl adjacent to an activating group) is 1. The standard InChI is InChI=1S/C16H32N2O2/c1-4-17-16(3,15(19)20)10-5-6-11-18-12-7-8-14(2)9-13-18/h14,17H,4-13H2,1-3H3,(H,19,20). The van der Waals surface area contributed by atoms with Crippen LogP contribution in [0.4, 0.5) is 0 Å². The minimum Gasteiger partial charge on any atom is -0.480 e. The number of aliphatic carboxylic acids is 1. The molecular weight excluding hydrogens is 252 g/mol. The van der Waals surface area contributed by atoms with Crippen LogP contribution in [-0.2, 0) is 4.79 Å². The molecule has 0 aromatic carbocycles. The predicted octanol–water partition coefficient (Wildman–Crippen LogP) is 2.73. The van der Waals surface area contributed by atoms with E-state index in [4.69, 9.17) is 0 Å². The van der Waals surface area contributed by atoms with Crippen LogP contribution in [-0.4, -0.2) is 47.7 Å². The molecule has 1 aliphatic heterocycles. The molecule has 1 fully saturated rings. The number of carboxylic acid groups (broad SMARTS) is 1. The first kappa shape index (κ1) is 17.4. The zero-order chi connectivity index (χ0) is 15.0. The summed E-state index contributed by atoms with van der Waals surface area (Å²) in [5.41, 5.74) is -0.762. The Morgan fingerprint density at radius 2 is 2.10 bits per heavy atom. The van der Waals surface area contributed by atoms with Gasteiger partial charge in [-0.05, 0) is 77.5 Å². The first-order chi connectivity index (χ1) is 9.48. The molecule has 2 unspecified atom stereocenters. The van der Waals surface area contributed by atoms with E-state index < -0.39 is 11.5 Å². The maximum absolute atomic E-state index is 11.3. The average Bonchev–Trinajstić information content (AvgIpc) is 2.60. The van der Waals surface area contributed by atoms with E-state index in [0.717, 1.165) is 25.3 Å². The smallest absolute Gasteiger partial charge is 0.323 e. The third kappa shape index (κ3) is 5.80. The fourth-order valence-electron chi connectivity index (χ4n) is 3.02. The first-order valence-corrected chi connectivity index (χ1v) is 8.18. The van der Waals surface area contributed by atoms with Gasteiger partial charge in [0, 0.05) is 0 Å². The van der Waals surface area contributed by atoms with Crippen molar-refractivity contribution in [2.75, 3.05) is 26.2 Å². The second kappa shape index (κ2) is 8.63. The van der Waals surface area contributed by atoms with Crippen LogP contribution in [0.3, 0.4) is 0 Å². The van der Waals surface area contributed by atoms with Gasteiger partial charge in [0.15, 0.2) is 0 Å². The van der Waals surface area contributed by atoms with Crippen LogP contribution >= 0.6 is 0 Å². The summed E-state index contributed by atoms with van der Waals surface area (Å²) in [4.78, 5) is 13.9. The topological polar surface area (TPSA) is 52.6 Å². The lowest BCUT2D eigenvalue weighted by Crippen LogP contribution is -2.49. The van der Waals surface area contributed by atoms with Crippen molar-refractivity contribution in [2.24, 2.45) is 5.92 Å². The van der Waals surface area contributed by atoms with Gasteiger partial charge in [-0.15, -0.1) is 0 Å². The van der Waals surface area contributed by atoms with Crippen LogP contribution in [0.1, 0.15) is 59.3 Å². The Kier molecular flexibility index (Phi) is 7.52. The van der Waals surface area contributed by atoms with E-state index in [1.165, 1.54) is 32.4 Å². The molecule has 0 spiro atoms. The molecule has 118 valence electrons. The third-order valence-electron chi connectivity index (χ3n) is 4.55. The van der Waals surface area contributed by atoms with Crippen LogP contribution < -0.4 is 5.32 Å². The Hall–Kier alpha value is -0.610. The van der Waals surface area contributed by atoms with E-state index in [2.05, 4.69) is 17.1 Å². The molecule has 1 aliphatic rings. The summed E-state index contributed by atoms with van der Waals surface area (Å²) in [7, 11) is 0. The Balaban J connectivity index is 2.24. The fourth-order valence-corrected chi connectivity index (χ4v) is 3.02. The molecule has 20 heavy (non-hydrogen) atoms. The number of hydrogen-bond donors (Lipinski definition) is 2. The number of rotatable bonds is 8. The Morgan fingerprint density at radius 1 is 1.35 bits per heavy atom. The molecule has 0 bridgehead atoms. The molecule has 1 rings (SSSR count). The van der Waals surface area contributed by atoms with Crippen molar-refractivity contribution in [3.63, 3.8) is 0 Å². The quantitative estimate of drug-likeness (QED) is 0.673. The molecule has 4 heteroatoms. The molecule has 1 heterocycles. The van der Waals surface area contributed by atoms with Gasteiger partial charge in [0.25, 0.3) is 0 Å². The monoisotopic (exact) mass is 284 g/mol. The van der Waals surface area contributed by atoms with Gasteiger partial charge >= 0.3 is 5.97 Å². The second-order valence-electron chi connectivity index (χ2n) is 6.50. The molecular formula is C16H32N2O2. The summed E-state index contributed by atoms with van der Waals surface area (Å²) in [5.74, 6) is 0.131. The van der Waals surface area contributed by atoms with Gasteiger partial charge in [-0.2, -0.15) is 0 Å². The number of carboxylic acids is 1. The zero-order valence-electron chi connectivity index (χ0n) is 13.5. The van der Waals surface area contributed by atoms with Crippen LogP contribution in [0.25, 0.3) is 0 Å². The highest BCUT2D eigenvalue weighted by molar-refractivity contribution is 5.78. The number of nitrogens with one attached hydrogen (secondary N) is 1. The van der Waals surface area contributed by atoms with Crippen LogP contribution in [0.5, 0.6) is 0 Å². The van der Waals surface area contributed by atoms with Gasteiger partial charge in [0.1, 0.15) is 5.54 Å². The van der Waals surface area contributed by atoms with E-state index in [1.54, 1.807) is 6.92 Å². The lowest BCUT2D eigenvalue weighted by Gasteiger charge is -2.26. The number of nitrogens with zero attached hydrogens (tertiary/aromatic N) is 1. The molecule has 2 N–H and O–H groups in total. The number of unbranched alkanes of at least 4 members (excludes halogenated alkanes) is 1. The van der Waals surface area contributed by atoms with E-state index in [-0.39, 0.29) is 0 Å². The molecule has 0 saturated carbocycles. The maximum Gasteiger partial charge on any atom is 0.323 e. The number of hydrogen-bond acceptors (Lipinski definition) is 3. The average molecular weight is 284 g/mol. The Labute approximate surface area is 123 Å². The molecule has 2 atom stereocenters. The largest absolute Gasteiger partial charge is 0.480 e. The van der Waals surface area contributed by atoms with Crippen LogP contribution in [0.15, 0.2) is 0 Å². The summed E-state index contributed by atoms with van der Waals surface area (Å²) in [6, 6.07) is 0. The molecule has 4 nitrogen and oxygen atoms in total. The Morgan fingerprint density at radius 3 is 2.75 bits per heavy atom. The van der Waals surface area contributed by atoms with E-state index in [1.807, 2.05) is 6.92 Å². The molecule has 1 saturated heterocycles. The van der Waals surface area contributed by atoms with Crippen molar-refractivity contribution in [3.05, 3.63) is 0 Å². The highest BCUT2D eigenvalue weighted by atomic mass is 16.4. The van der Waals surface area contributed by atoms with Crippen LogP contribution in [0.2, 0.25) is 0 Å². The normalized spacial score (nSPS) is 24.1. The second-order valence-corrected chi connectivity index (χ2v) is 6.50. The SMILES string of the molecule is CCNC(C)(CCCCN1CCCC(C)CC1)C(=O)O. The van der Waals surface area contributed by atoms with E-state index >= 15 is 0 Å². The Bertz CT molecular complexity index is 296. The fraction of sp³-hybridized carbons (Fsp3) is 0.938. The van der Waals surface area contributed by atoms with Crippen molar-refractivity contribution in [3.8, 4) is 0 Å². The number of likely N-dealkylation sites (tertiary alicyclic amines) is 1.